The molecule has 18 heavy (non-hydrogen) atoms. The second kappa shape index (κ2) is 6.02. The van der Waals surface area contributed by atoms with Crippen LogP contribution in [0, 0.1) is 11.8 Å². The zero-order chi connectivity index (χ0) is 13.1. The summed E-state index contributed by atoms with van der Waals surface area (Å²) in [5.74, 6) is 0.656. The first kappa shape index (κ1) is 13.8. The molecule has 0 spiro atoms. The van der Waals surface area contributed by atoms with Gasteiger partial charge in [0.2, 0.25) is 0 Å². The molecule has 4 nitrogen and oxygen atoms in total. The number of nitrogens with one attached hydrogen (secondary N) is 1. The van der Waals surface area contributed by atoms with E-state index in [-0.39, 0.29) is 11.9 Å². The standard InChI is InChI=1S/C14H26N2O2/c1-10(2)7-15-12-6-11(14(17)18-3)8-16(9-12)13-4-5-13/h10-13,15H,4-9H2,1-3H3. The smallest absolute Gasteiger partial charge is 0.310 e. The van der Waals surface area contributed by atoms with Gasteiger partial charge in [-0.3, -0.25) is 9.69 Å². The molecule has 2 unspecified atom stereocenters. The van der Waals surface area contributed by atoms with Crippen LogP contribution in [0.3, 0.4) is 0 Å². The predicted molar refractivity (Wildman–Crippen MR) is 71.3 cm³/mol. The van der Waals surface area contributed by atoms with E-state index in [4.69, 9.17) is 4.74 Å². The Bertz CT molecular complexity index is 290. The van der Waals surface area contributed by atoms with Crippen LogP contribution in [-0.2, 0) is 9.53 Å². The van der Waals surface area contributed by atoms with E-state index in [1.807, 2.05) is 0 Å². The highest BCUT2D eigenvalue weighted by atomic mass is 16.5. The Morgan fingerprint density at radius 2 is 2.11 bits per heavy atom. The summed E-state index contributed by atoms with van der Waals surface area (Å²) >= 11 is 0. The molecule has 2 aliphatic rings. The van der Waals surface area contributed by atoms with Gasteiger partial charge in [0.1, 0.15) is 0 Å². The summed E-state index contributed by atoms with van der Waals surface area (Å²) in [4.78, 5) is 14.2. The van der Waals surface area contributed by atoms with Crippen molar-refractivity contribution in [3.63, 3.8) is 0 Å². The maximum absolute atomic E-state index is 11.8. The second-order valence-corrected chi connectivity index (χ2v) is 6.14. The lowest BCUT2D eigenvalue weighted by Crippen LogP contribution is -2.52. The van der Waals surface area contributed by atoms with E-state index in [0.717, 1.165) is 32.1 Å². The predicted octanol–water partition coefficient (Wildman–Crippen LogP) is 1.26. The van der Waals surface area contributed by atoms with Crippen molar-refractivity contribution in [3.05, 3.63) is 0 Å². The molecular weight excluding hydrogens is 228 g/mol. The molecule has 1 aliphatic carbocycles. The Morgan fingerprint density at radius 3 is 2.67 bits per heavy atom. The fraction of sp³-hybridized carbons (Fsp3) is 0.929. The topological polar surface area (TPSA) is 41.6 Å². The SMILES string of the molecule is COC(=O)C1CC(NCC(C)C)CN(C2CC2)C1. The van der Waals surface area contributed by atoms with Gasteiger partial charge in [-0.2, -0.15) is 0 Å². The first-order valence-corrected chi connectivity index (χ1v) is 7.15. The number of nitrogens with zero attached hydrogens (tertiary/aromatic N) is 1. The average molecular weight is 254 g/mol. The molecule has 1 saturated heterocycles. The Kier molecular flexibility index (Phi) is 4.62. The number of rotatable bonds is 5. The van der Waals surface area contributed by atoms with Crippen molar-refractivity contribution in [2.24, 2.45) is 11.8 Å². The van der Waals surface area contributed by atoms with Crippen molar-refractivity contribution in [2.75, 3.05) is 26.7 Å². The number of esters is 1. The van der Waals surface area contributed by atoms with E-state index in [1.54, 1.807) is 0 Å². The summed E-state index contributed by atoms with van der Waals surface area (Å²) in [6, 6.07) is 1.16. The molecule has 0 radical (unpaired) electrons. The normalized spacial score (nSPS) is 29.6. The summed E-state index contributed by atoms with van der Waals surface area (Å²) in [5.41, 5.74) is 0. The zero-order valence-electron chi connectivity index (χ0n) is 11.8. The van der Waals surface area contributed by atoms with Crippen LogP contribution in [0.25, 0.3) is 0 Å². The van der Waals surface area contributed by atoms with Gasteiger partial charge >= 0.3 is 5.97 Å². The van der Waals surface area contributed by atoms with Crippen molar-refractivity contribution in [1.82, 2.24) is 10.2 Å². The summed E-state index contributed by atoms with van der Waals surface area (Å²) in [5, 5.41) is 3.59. The van der Waals surface area contributed by atoms with Gasteiger partial charge in [0.15, 0.2) is 0 Å². The number of hydrogen-bond acceptors (Lipinski definition) is 4. The van der Waals surface area contributed by atoms with E-state index < -0.39 is 0 Å². The van der Waals surface area contributed by atoms with Crippen molar-refractivity contribution >= 4 is 5.97 Å². The molecule has 0 aromatic carbocycles. The van der Waals surface area contributed by atoms with Crippen molar-refractivity contribution < 1.29 is 9.53 Å². The fourth-order valence-corrected chi connectivity index (χ4v) is 2.76. The van der Waals surface area contributed by atoms with Crippen LogP contribution >= 0.6 is 0 Å². The lowest BCUT2D eigenvalue weighted by molar-refractivity contribution is -0.147. The molecule has 1 heterocycles. The number of piperidine rings is 1. The van der Waals surface area contributed by atoms with Gasteiger partial charge in [0.05, 0.1) is 13.0 Å². The Labute approximate surface area is 110 Å². The molecule has 0 aromatic heterocycles. The largest absolute Gasteiger partial charge is 0.469 e. The van der Waals surface area contributed by atoms with E-state index >= 15 is 0 Å². The molecule has 0 amide bonds. The highest BCUT2D eigenvalue weighted by Crippen LogP contribution is 2.31. The summed E-state index contributed by atoms with van der Waals surface area (Å²) in [6.45, 7) is 7.43. The molecule has 2 rings (SSSR count). The molecule has 2 fully saturated rings. The minimum absolute atomic E-state index is 0.0447. The minimum atomic E-state index is -0.0447. The number of carbonyl (C=O) groups is 1. The molecule has 1 N–H and O–H groups in total. The second-order valence-electron chi connectivity index (χ2n) is 6.14. The Morgan fingerprint density at radius 1 is 1.39 bits per heavy atom. The van der Waals surface area contributed by atoms with Gasteiger partial charge in [-0.05, 0) is 31.7 Å². The summed E-state index contributed by atoms with van der Waals surface area (Å²) in [7, 11) is 1.49. The van der Waals surface area contributed by atoms with Crippen LogP contribution in [0.2, 0.25) is 0 Å². The lowest BCUT2D eigenvalue weighted by Gasteiger charge is -2.37. The number of carbonyl (C=O) groups excluding carboxylic acids is 1. The maximum Gasteiger partial charge on any atom is 0.310 e. The van der Waals surface area contributed by atoms with E-state index in [1.165, 1.54) is 20.0 Å². The number of hydrogen-bond donors (Lipinski definition) is 1. The van der Waals surface area contributed by atoms with Crippen LogP contribution < -0.4 is 5.32 Å². The maximum atomic E-state index is 11.8. The third-order valence-corrected chi connectivity index (χ3v) is 3.89. The molecule has 0 bridgehead atoms. The first-order chi connectivity index (χ1) is 8.60. The molecule has 1 aliphatic heterocycles. The van der Waals surface area contributed by atoms with Crippen molar-refractivity contribution in [1.29, 1.82) is 0 Å². The molecule has 1 saturated carbocycles. The minimum Gasteiger partial charge on any atom is -0.469 e. The number of likely N-dealkylation sites (tertiary alicyclic amines) is 1. The van der Waals surface area contributed by atoms with Crippen molar-refractivity contribution in [2.45, 2.75) is 45.2 Å². The molecule has 0 aromatic rings. The molecule has 4 heteroatoms. The van der Waals surface area contributed by atoms with E-state index in [9.17, 15) is 4.79 Å². The van der Waals surface area contributed by atoms with Gasteiger partial charge < -0.3 is 10.1 Å². The van der Waals surface area contributed by atoms with Gasteiger partial charge in [0, 0.05) is 25.2 Å². The third kappa shape index (κ3) is 3.69. The fourth-order valence-electron chi connectivity index (χ4n) is 2.76. The molecule has 104 valence electrons. The van der Waals surface area contributed by atoms with Crippen LogP contribution in [0.15, 0.2) is 0 Å². The van der Waals surface area contributed by atoms with Crippen molar-refractivity contribution in [3.8, 4) is 0 Å². The zero-order valence-corrected chi connectivity index (χ0v) is 11.8. The average Bonchev–Trinajstić information content (AvgIpc) is 3.19. The summed E-state index contributed by atoms with van der Waals surface area (Å²) < 4.78 is 4.92. The monoisotopic (exact) mass is 254 g/mol. The highest BCUT2D eigenvalue weighted by Gasteiger charge is 2.38. The lowest BCUT2D eigenvalue weighted by atomic mass is 9.93. The third-order valence-electron chi connectivity index (χ3n) is 3.89. The first-order valence-electron chi connectivity index (χ1n) is 7.15. The Hall–Kier alpha value is -0.610. The summed E-state index contributed by atoms with van der Waals surface area (Å²) in [6.07, 6.45) is 3.51. The Balaban J connectivity index is 1.90. The number of ether oxygens (including phenoxy) is 1. The van der Waals surface area contributed by atoms with Crippen LogP contribution in [0.4, 0.5) is 0 Å². The van der Waals surface area contributed by atoms with Gasteiger partial charge in [-0.25, -0.2) is 0 Å². The number of methoxy groups -OCH3 is 1. The highest BCUT2D eigenvalue weighted by molar-refractivity contribution is 5.72. The van der Waals surface area contributed by atoms with Crippen LogP contribution in [0.1, 0.15) is 33.1 Å². The molecular formula is C14H26N2O2. The molecule has 2 atom stereocenters. The quantitative estimate of drug-likeness (QED) is 0.750. The van der Waals surface area contributed by atoms with Gasteiger partial charge in [-0.1, -0.05) is 13.8 Å². The van der Waals surface area contributed by atoms with Gasteiger partial charge in [-0.15, -0.1) is 0 Å². The van der Waals surface area contributed by atoms with Crippen LogP contribution in [-0.4, -0.2) is 49.7 Å². The van der Waals surface area contributed by atoms with Crippen LogP contribution in [0.5, 0.6) is 0 Å². The van der Waals surface area contributed by atoms with E-state index in [2.05, 4.69) is 24.1 Å². The van der Waals surface area contributed by atoms with Gasteiger partial charge in [0.25, 0.3) is 0 Å². The van der Waals surface area contributed by atoms with E-state index in [0.29, 0.717) is 12.0 Å².